The number of halogens is 2. The maximum absolute atomic E-state index is 12.5. The van der Waals surface area contributed by atoms with Gasteiger partial charge in [-0.25, -0.2) is 8.78 Å². The van der Waals surface area contributed by atoms with Crippen LogP contribution < -0.4 is 5.32 Å². The number of nitrogens with one attached hydrogen (secondary N) is 1. The second kappa shape index (κ2) is 5.97. The Bertz CT molecular complexity index is 210. The normalized spacial score (nSPS) is 18.7. The Morgan fingerprint density at radius 1 is 1.60 bits per heavy atom. The summed E-state index contributed by atoms with van der Waals surface area (Å²) in [7, 11) is 0. The van der Waals surface area contributed by atoms with Crippen molar-refractivity contribution in [2.45, 2.75) is 31.9 Å². The van der Waals surface area contributed by atoms with Crippen LogP contribution in [-0.4, -0.2) is 44.3 Å². The number of carbonyl (C=O) groups excluding carboxylic acids is 1. The molecule has 1 fully saturated rings. The molecule has 1 unspecified atom stereocenters. The summed E-state index contributed by atoms with van der Waals surface area (Å²) in [5.74, 6) is -0.601. The lowest BCUT2D eigenvalue weighted by Gasteiger charge is -2.30. The predicted molar refractivity (Wildman–Crippen MR) is 48.8 cm³/mol. The summed E-state index contributed by atoms with van der Waals surface area (Å²) >= 11 is 0. The van der Waals surface area contributed by atoms with Gasteiger partial charge in [-0.2, -0.15) is 0 Å². The first-order chi connectivity index (χ1) is 7.13. The highest BCUT2D eigenvalue weighted by Gasteiger charge is 2.29. The number of rotatable bonds is 6. The van der Waals surface area contributed by atoms with E-state index in [2.05, 4.69) is 10.1 Å². The summed E-state index contributed by atoms with van der Waals surface area (Å²) in [6.07, 6.45) is -2.88. The molecule has 0 aliphatic carbocycles. The summed E-state index contributed by atoms with van der Waals surface area (Å²) in [4.78, 5) is 11.0. The first-order valence-corrected chi connectivity index (χ1v) is 4.91. The van der Waals surface area contributed by atoms with Gasteiger partial charge >= 0.3 is 5.97 Å². The number of ether oxygens (including phenoxy) is 2. The molecule has 1 heterocycles. The van der Waals surface area contributed by atoms with E-state index in [-0.39, 0.29) is 19.1 Å². The zero-order valence-electron chi connectivity index (χ0n) is 8.54. The lowest BCUT2D eigenvalue weighted by atomic mass is 10.1. The molecule has 0 spiro atoms. The third-order valence-electron chi connectivity index (χ3n) is 2.08. The summed E-state index contributed by atoms with van der Waals surface area (Å²) in [5.41, 5.74) is 0. The smallest absolute Gasteiger partial charge is 0.307 e. The van der Waals surface area contributed by atoms with Crippen LogP contribution in [0.2, 0.25) is 0 Å². The molecule has 0 radical (unpaired) electrons. The van der Waals surface area contributed by atoms with Crippen molar-refractivity contribution in [2.75, 3.05) is 19.8 Å². The van der Waals surface area contributed by atoms with E-state index in [0.717, 1.165) is 0 Å². The molecule has 0 bridgehead atoms. The van der Waals surface area contributed by atoms with E-state index in [1.165, 1.54) is 0 Å². The van der Waals surface area contributed by atoms with Gasteiger partial charge < -0.3 is 14.8 Å². The van der Waals surface area contributed by atoms with Gasteiger partial charge in [-0.05, 0) is 6.92 Å². The van der Waals surface area contributed by atoms with Crippen molar-refractivity contribution in [1.82, 2.24) is 5.32 Å². The molecule has 0 saturated carbocycles. The van der Waals surface area contributed by atoms with Crippen LogP contribution in [0.3, 0.4) is 0 Å². The van der Waals surface area contributed by atoms with Crippen LogP contribution in [0.5, 0.6) is 0 Å². The van der Waals surface area contributed by atoms with Gasteiger partial charge in [0.05, 0.1) is 38.3 Å². The fraction of sp³-hybridized carbons (Fsp3) is 0.889. The molecule has 0 amide bonds. The van der Waals surface area contributed by atoms with Crippen molar-refractivity contribution in [3.63, 3.8) is 0 Å². The maximum Gasteiger partial charge on any atom is 0.307 e. The Morgan fingerprint density at radius 2 is 2.27 bits per heavy atom. The molecular formula is C9H15F2NO3. The summed E-state index contributed by atoms with van der Waals surface area (Å²) in [6.45, 7) is 2.70. The molecule has 88 valence electrons. The highest BCUT2D eigenvalue weighted by Crippen LogP contribution is 2.10. The van der Waals surface area contributed by atoms with E-state index in [0.29, 0.717) is 13.2 Å². The fourth-order valence-electron chi connectivity index (χ4n) is 1.25. The topological polar surface area (TPSA) is 47.6 Å². The molecule has 0 aromatic carbocycles. The molecular weight excluding hydrogens is 208 g/mol. The Balaban J connectivity index is 2.32. The van der Waals surface area contributed by atoms with Crippen LogP contribution in [0.1, 0.15) is 13.3 Å². The van der Waals surface area contributed by atoms with Gasteiger partial charge in [-0.1, -0.05) is 0 Å². The quantitative estimate of drug-likeness (QED) is 0.668. The number of hydrogen-bond acceptors (Lipinski definition) is 4. The van der Waals surface area contributed by atoms with Crippen molar-refractivity contribution in [3.8, 4) is 0 Å². The third kappa shape index (κ3) is 4.09. The minimum absolute atomic E-state index is 0.0709. The van der Waals surface area contributed by atoms with Crippen LogP contribution in [0, 0.1) is 0 Å². The van der Waals surface area contributed by atoms with Crippen molar-refractivity contribution in [2.24, 2.45) is 0 Å². The predicted octanol–water partition coefficient (Wildman–Crippen LogP) is 0.562. The SMILES string of the molecule is CCOC(=O)CC(NC1COC1)C(F)F. The monoisotopic (exact) mass is 223 g/mol. The molecule has 1 N–H and O–H groups in total. The molecule has 0 aromatic heterocycles. The van der Waals surface area contributed by atoms with Gasteiger partial charge in [-0.3, -0.25) is 4.79 Å². The summed E-state index contributed by atoms with van der Waals surface area (Å²) in [5, 5.41) is 2.67. The number of alkyl halides is 2. The summed E-state index contributed by atoms with van der Waals surface area (Å²) in [6, 6.07) is -1.21. The molecule has 1 atom stereocenters. The van der Waals surface area contributed by atoms with Crippen LogP contribution >= 0.6 is 0 Å². The highest BCUT2D eigenvalue weighted by atomic mass is 19.3. The third-order valence-corrected chi connectivity index (χ3v) is 2.08. The Morgan fingerprint density at radius 3 is 2.67 bits per heavy atom. The van der Waals surface area contributed by atoms with Crippen molar-refractivity contribution >= 4 is 5.97 Å². The van der Waals surface area contributed by atoms with Gasteiger partial charge in [-0.15, -0.1) is 0 Å². The summed E-state index contributed by atoms with van der Waals surface area (Å²) < 4.78 is 34.5. The minimum Gasteiger partial charge on any atom is -0.466 e. The molecule has 1 saturated heterocycles. The first kappa shape index (κ1) is 12.3. The van der Waals surface area contributed by atoms with Crippen molar-refractivity contribution in [3.05, 3.63) is 0 Å². The second-order valence-corrected chi connectivity index (χ2v) is 3.35. The fourth-order valence-corrected chi connectivity index (χ4v) is 1.25. The lowest BCUT2D eigenvalue weighted by molar-refractivity contribution is -0.145. The Hall–Kier alpha value is -0.750. The van der Waals surface area contributed by atoms with Gasteiger partial charge in [0.15, 0.2) is 0 Å². The molecule has 6 heteroatoms. The van der Waals surface area contributed by atoms with E-state index in [1.54, 1.807) is 6.92 Å². The average molecular weight is 223 g/mol. The molecule has 1 aliphatic rings. The zero-order valence-corrected chi connectivity index (χ0v) is 8.54. The maximum atomic E-state index is 12.5. The van der Waals surface area contributed by atoms with Gasteiger partial charge in [0.2, 0.25) is 0 Å². The molecule has 1 aliphatic heterocycles. The van der Waals surface area contributed by atoms with Crippen molar-refractivity contribution < 1.29 is 23.0 Å². The van der Waals surface area contributed by atoms with E-state index in [1.807, 2.05) is 0 Å². The van der Waals surface area contributed by atoms with Crippen LogP contribution in [-0.2, 0) is 14.3 Å². The van der Waals surface area contributed by atoms with Gasteiger partial charge in [0, 0.05) is 0 Å². The molecule has 15 heavy (non-hydrogen) atoms. The highest BCUT2D eigenvalue weighted by molar-refractivity contribution is 5.70. The van der Waals surface area contributed by atoms with Gasteiger partial charge in [0.25, 0.3) is 6.43 Å². The van der Waals surface area contributed by atoms with E-state index >= 15 is 0 Å². The molecule has 1 rings (SSSR count). The average Bonchev–Trinajstić information content (AvgIpc) is 2.09. The van der Waals surface area contributed by atoms with Crippen LogP contribution in [0.25, 0.3) is 0 Å². The standard InChI is InChI=1S/C9H15F2NO3/c1-2-15-8(13)3-7(9(10)11)12-6-4-14-5-6/h6-7,9,12H,2-5H2,1H3. The molecule has 0 aromatic rings. The van der Waals surface area contributed by atoms with E-state index in [4.69, 9.17) is 4.74 Å². The second-order valence-electron chi connectivity index (χ2n) is 3.35. The van der Waals surface area contributed by atoms with Crippen LogP contribution in [0.15, 0.2) is 0 Å². The number of carbonyl (C=O) groups is 1. The first-order valence-electron chi connectivity index (χ1n) is 4.91. The minimum atomic E-state index is -2.57. The van der Waals surface area contributed by atoms with Crippen molar-refractivity contribution in [1.29, 1.82) is 0 Å². The Kier molecular flexibility index (Phi) is 4.90. The van der Waals surface area contributed by atoms with E-state index in [9.17, 15) is 13.6 Å². The van der Waals surface area contributed by atoms with E-state index < -0.39 is 18.4 Å². The number of esters is 1. The lowest BCUT2D eigenvalue weighted by Crippen LogP contribution is -2.53. The zero-order chi connectivity index (χ0) is 11.3. The van der Waals surface area contributed by atoms with Crippen LogP contribution in [0.4, 0.5) is 8.78 Å². The molecule has 4 nitrogen and oxygen atoms in total. The largest absolute Gasteiger partial charge is 0.466 e. The number of hydrogen-bond donors (Lipinski definition) is 1. The van der Waals surface area contributed by atoms with Gasteiger partial charge in [0.1, 0.15) is 0 Å². The Labute approximate surface area is 86.9 Å².